The first-order valence-corrected chi connectivity index (χ1v) is 7.74. The molecule has 1 aliphatic rings. The molecular weight excluding hydrogens is 250 g/mol. The lowest BCUT2D eigenvalue weighted by atomic mass is 10.2. The average molecular weight is 277 g/mol. The van der Waals surface area contributed by atoms with E-state index in [-0.39, 0.29) is 6.10 Å². The van der Waals surface area contributed by atoms with Gasteiger partial charge >= 0.3 is 0 Å². The maximum absolute atomic E-state index is 5.71. The van der Waals surface area contributed by atoms with E-state index in [1.165, 1.54) is 5.56 Å². The number of anilines is 1. The number of aryl methyl sites for hydroxylation is 1. The standard InChI is InChI=1S/C16H27N3O/c1-4-6-17-11-15-9-13(2)18-16(10-15)19-7-5-8-20-14(3)12-19/h9-10,14,17H,4-8,11-12H2,1-3H3. The largest absolute Gasteiger partial charge is 0.377 e. The highest BCUT2D eigenvalue weighted by Gasteiger charge is 2.17. The fourth-order valence-electron chi connectivity index (χ4n) is 2.60. The molecule has 0 spiro atoms. The Morgan fingerprint density at radius 1 is 1.45 bits per heavy atom. The van der Waals surface area contributed by atoms with Crippen LogP contribution in [0.3, 0.4) is 0 Å². The van der Waals surface area contributed by atoms with Gasteiger partial charge < -0.3 is 15.0 Å². The molecule has 1 saturated heterocycles. The summed E-state index contributed by atoms with van der Waals surface area (Å²) in [4.78, 5) is 7.06. The highest BCUT2D eigenvalue weighted by molar-refractivity contribution is 5.43. The Bertz CT molecular complexity index is 422. The molecule has 0 aromatic carbocycles. The van der Waals surface area contributed by atoms with Gasteiger partial charge in [-0.15, -0.1) is 0 Å². The third-order valence-electron chi connectivity index (χ3n) is 3.53. The van der Waals surface area contributed by atoms with E-state index >= 15 is 0 Å². The molecule has 0 bridgehead atoms. The van der Waals surface area contributed by atoms with E-state index < -0.39 is 0 Å². The quantitative estimate of drug-likeness (QED) is 0.839. The fourth-order valence-corrected chi connectivity index (χ4v) is 2.60. The molecule has 2 heterocycles. The SMILES string of the molecule is CCCNCc1cc(C)nc(N2CCCOC(C)C2)c1. The zero-order valence-electron chi connectivity index (χ0n) is 13.0. The third-order valence-corrected chi connectivity index (χ3v) is 3.53. The predicted molar refractivity (Wildman–Crippen MR) is 83.2 cm³/mol. The van der Waals surface area contributed by atoms with Gasteiger partial charge in [-0.1, -0.05) is 6.92 Å². The number of nitrogens with one attached hydrogen (secondary N) is 1. The van der Waals surface area contributed by atoms with Gasteiger partial charge in [0.25, 0.3) is 0 Å². The fraction of sp³-hybridized carbons (Fsp3) is 0.688. The van der Waals surface area contributed by atoms with Crippen molar-refractivity contribution in [1.82, 2.24) is 10.3 Å². The van der Waals surface area contributed by atoms with Crippen LogP contribution in [0.2, 0.25) is 0 Å². The van der Waals surface area contributed by atoms with E-state index in [1.807, 2.05) is 0 Å². The molecule has 1 aromatic rings. The summed E-state index contributed by atoms with van der Waals surface area (Å²) in [5.74, 6) is 1.09. The Labute approximate surface area is 122 Å². The minimum absolute atomic E-state index is 0.279. The zero-order valence-corrected chi connectivity index (χ0v) is 13.0. The highest BCUT2D eigenvalue weighted by Crippen LogP contribution is 2.18. The van der Waals surface area contributed by atoms with Crippen molar-refractivity contribution in [3.05, 3.63) is 23.4 Å². The van der Waals surface area contributed by atoms with Gasteiger partial charge in [-0.3, -0.25) is 0 Å². The van der Waals surface area contributed by atoms with Crippen molar-refractivity contribution >= 4 is 5.82 Å². The molecule has 1 fully saturated rings. The first-order valence-electron chi connectivity index (χ1n) is 7.74. The van der Waals surface area contributed by atoms with Crippen LogP contribution < -0.4 is 10.2 Å². The van der Waals surface area contributed by atoms with E-state index in [2.05, 4.69) is 43.1 Å². The second-order valence-electron chi connectivity index (χ2n) is 5.63. The molecular formula is C16H27N3O. The normalized spacial score (nSPS) is 19.9. The predicted octanol–water partition coefficient (Wildman–Crippen LogP) is 2.50. The van der Waals surface area contributed by atoms with Crippen LogP contribution in [0.5, 0.6) is 0 Å². The van der Waals surface area contributed by atoms with Crippen molar-refractivity contribution in [2.75, 3.05) is 31.1 Å². The van der Waals surface area contributed by atoms with Gasteiger partial charge in [0.1, 0.15) is 5.82 Å². The Hall–Kier alpha value is -1.13. The van der Waals surface area contributed by atoms with Crippen LogP contribution in [-0.4, -0.2) is 37.3 Å². The molecule has 20 heavy (non-hydrogen) atoms. The van der Waals surface area contributed by atoms with Crippen LogP contribution in [0, 0.1) is 6.92 Å². The minimum Gasteiger partial charge on any atom is -0.377 e. The van der Waals surface area contributed by atoms with E-state index in [0.717, 1.165) is 57.1 Å². The molecule has 1 atom stereocenters. The molecule has 1 aliphatic heterocycles. The molecule has 1 unspecified atom stereocenters. The van der Waals surface area contributed by atoms with E-state index in [0.29, 0.717) is 0 Å². The number of aromatic nitrogens is 1. The zero-order chi connectivity index (χ0) is 14.4. The van der Waals surface area contributed by atoms with Crippen LogP contribution in [-0.2, 0) is 11.3 Å². The van der Waals surface area contributed by atoms with Crippen LogP contribution in [0.25, 0.3) is 0 Å². The number of hydrogen-bond acceptors (Lipinski definition) is 4. The van der Waals surface area contributed by atoms with Gasteiger partial charge in [-0.25, -0.2) is 4.98 Å². The summed E-state index contributed by atoms with van der Waals surface area (Å²) in [5.41, 5.74) is 2.41. The second-order valence-corrected chi connectivity index (χ2v) is 5.63. The van der Waals surface area contributed by atoms with Crippen molar-refractivity contribution in [2.24, 2.45) is 0 Å². The molecule has 0 aliphatic carbocycles. The molecule has 0 saturated carbocycles. The number of nitrogens with zero attached hydrogens (tertiary/aromatic N) is 2. The van der Waals surface area contributed by atoms with E-state index in [4.69, 9.17) is 9.72 Å². The second kappa shape index (κ2) is 7.60. The lowest BCUT2D eigenvalue weighted by Gasteiger charge is -2.24. The Balaban J connectivity index is 2.09. The summed E-state index contributed by atoms with van der Waals surface area (Å²) < 4.78 is 5.71. The lowest BCUT2D eigenvalue weighted by molar-refractivity contribution is 0.0820. The van der Waals surface area contributed by atoms with Gasteiger partial charge in [0.2, 0.25) is 0 Å². The molecule has 1 N–H and O–H groups in total. The summed E-state index contributed by atoms with van der Waals surface area (Å²) in [7, 11) is 0. The van der Waals surface area contributed by atoms with Gasteiger partial charge in [-0.05, 0) is 50.9 Å². The first kappa shape index (κ1) is 15.3. The smallest absolute Gasteiger partial charge is 0.129 e. The molecule has 112 valence electrons. The van der Waals surface area contributed by atoms with Crippen molar-refractivity contribution in [1.29, 1.82) is 0 Å². The average Bonchev–Trinajstić information content (AvgIpc) is 2.63. The van der Waals surface area contributed by atoms with Gasteiger partial charge in [-0.2, -0.15) is 0 Å². The summed E-state index contributed by atoms with van der Waals surface area (Å²) in [6.07, 6.45) is 2.52. The Morgan fingerprint density at radius 3 is 3.10 bits per heavy atom. The van der Waals surface area contributed by atoms with Gasteiger partial charge in [0.15, 0.2) is 0 Å². The highest BCUT2D eigenvalue weighted by atomic mass is 16.5. The Morgan fingerprint density at radius 2 is 2.30 bits per heavy atom. The van der Waals surface area contributed by atoms with Gasteiger partial charge in [0.05, 0.1) is 6.10 Å². The van der Waals surface area contributed by atoms with Crippen molar-refractivity contribution in [3.63, 3.8) is 0 Å². The summed E-state index contributed by atoms with van der Waals surface area (Å²) >= 11 is 0. The molecule has 0 amide bonds. The maximum Gasteiger partial charge on any atom is 0.129 e. The molecule has 4 heteroatoms. The van der Waals surface area contributed by atoms with Crippen LogP contribution in [0.1, 0.15) is 37.9 Å². The van der Waals surface area contributed by atoms with Crippen LogP contribution >= 0.6 is 0 Å². The van der Waals surface area contributed by atoms with Crippen molar-refractivity contribution in [3.8, 4) is 0 Å². The molecule has 1 aromatic heterocycles. The van der Waals surface area contributed by atoms with Crippen LogP contribution in [0.15, 0.2) is 12.1 Å². The number of ether oxygens (including phenoxy) is 1. The summed E-state index contributed by atoms with van der Waals surface area (Å²) in [5, 5.41) is 3.46. The third kappa shape index (κ3) is 4.46. The molecule has 0 radical (unpaired) electrons. The van der Waals surface area contributed by atoms with Gasteiger partial charge in [0, 0.05) is 31.9 Å². The number of rotatable bonds is 5. The molecule has 4 nitrogen and oxygen atoms in total. The number of hydrogen-bond donors (Lipinski definition) is 1. The van der Waals surface area contributed by atoms with E-state index in [9.17, 15) is 0 Å². The monoisotopic (exact) mass is 277 g/mol. The van der Waals surface area contributed by atoms with E-state index in [1.54, 1.807) is 0 Å². The minimum atomic E-state index is 0.279. The maximum atomic E-state index is 5.71. The summed E-state index contributed by atoms with van der Waals surface area (Å²) in [6.45, 7) is 11.2. The topological polar surface area (TPSA) is 37.4 Å². The van der Waals surface area contributed by atoms with Crippen molar-refractivity contribution in [2.45, 2.75) is 46.3 Å². The van der Waals surface area contributed by atoms with Crippen LogP contribution in [0.4, 0.5) is 5.82 Å². The lowest BCUT2D eigenvalue weighted by Crippen LogP contribution is -2.31. The summed E-state index contributed by atoms with van der Waals surface area (Å²) in [6, 6.07) is 4.39. The van der Waals surface area contributed by atoms with Crippen molar-refractivity contribution < 1.29 is 4.74 Å². The molecule has 2 rings (SSSR count). The first-order chi connectivity index (χ1) is 9.69. The number of pyridine rings is 1. The Kier molecular flexibility index (Phi) is 5.80.